The third-order valence-electron chi connectivity index (χ3n) is 1.37. The Morgan fingerprint density at radius 1 is 0.944 bits per heavy atom. The van der Waals surface area contributed by atoms with E-state index < -0.39 is 0 Å². The summed E-state index contributed by atoms with van der Waals surface area (Å²) in [5.74, 6) is 0.681. The molecule has 0 aromatic carbocycles. The molecule has 0 amide bonds. The average Bonchev–Trinajstić information content (AvgIpc) is 2.21. The summed E-state index contributed by atoms with van der Waals surface area (Å²) >= 11 is 12.4. The van der Waals surface area contributed by atoms with E-state index in [0.29, 0.717) is 20.3 Å². The molecule has 0 aliphatic carbocycles. The van der Waals surface area contributed by atoms with E-state index >= 15 is 0 Å². The Balaban J connectivity index is 3.72. The van der Waals surface area contributed by atoms with Crippen LogP contribution in [0.1, 0.15) is 27.7 Å². The van der Waals surface area contributed by atoms with Crippen LogP contribution in [0.15, 0.2) is 0 Å². The van der Waals surface area contributed by atoms with Gasteiger partial charge in [0.25, 0.3) is 0 Å². The van der Waals surface area contributed by atoms with Gasteiger partial charge in [-0.2, -0.15) is 0 Å². The van der Waals surface area contributed by atoms with Crippen LogP contribution in [-0.2, 0) is 14.3 Å². The maximum atomic E-state index is 11.6. The molecule has 0 rings (SSSR count). The zero-order valence-electron chi connectivity index (χ0n) is 10.9. The van der Waals surface area contributed by atoms with Crippen molar-refractivity contribution in [3.8, 4) is 0 Å². The fraction of sp³-hybridized carbons (Fsp3) is 0.727. The summed E-state index contributed by atoms with van der Waals surface area (Å²) in [6.45, 7) is 7.58. The predicted octanol–water partition coefficient (Wildman–Crippen LogP) is 3.44. The number of ether oxygens (including phenoxy) is 2. The highest BCUT2D eigenvalue weighted by Gasteiger charge is 2.10. The monoisotopic (exact) mass is 326 g/mol. The van der Waals surface area contributed by atoms with Crippen LogP contribution in [-0.4, -0.2) is 38.3 Å². The van der Waals surface area contributed by atoms with E-state index in [0.717, 1.165) is 0 Å². The van der Waals surface area contributed by atoms with Gasteiger partial charge >= 0.3 is 0 Å². The van der Waals surface area contributed by atoms with Crippen LogP contribution in [0.2, 0.25) is 0 Å². The third kappa shape index (κ3) is 11.3. The first-order valence-corrected chi connectivity index (χ1v) is 8.28. The second-order valence-electron chi connectivity index (χ2n) is 3.95. The topological polar surface area (TPSA) is 35.5 Å². The van der Waals surface area contributed by atoms with Gasteiger partial charge in [-0.1, -0.05) is 23.5 Å². The van der Waals surface area contributed by atoms with Crippen molar-refractivity contribution in [1.82, 2.24) is 0 Å². The van der Waals surface area contributed by atoms with E-state index in [4.69, 9.17) is 33.9 Å². The predicted molar refractivity (Wildman–Crippen MR) is 87.6 cm³/mol. The fourth-order valence-electron chi connectivity index (χ4n) is 0.773. The number of rotatable bonds is 6. The standard InChI is InChI=1S/C11H18O3S4/c1-7(2)13-10(15)17-5-9(12)6-18-11(16)14-8(3)4/h7-8H,5-6H2,1-4H3. The summed E-state index contributed by atoms with van der Waals surface area (Å²) in [6.07, 6.45) is 0.0861. The van der Waals surface area contributed by atoms with Crippen molar-refractivity contribution in [3.05, 3.63) is 0 Å². The van der Waals surface area contributed by atoms with Crippen molar-refractivity contribution >= 4 is 62.5 Å². The average molecular weight is 327 g/mol. The molecule has 0 N–H and O–H groups in total. The van der Waals surface area contributed by atoms with Gasteiger partial charge in [-0.15, -0.1) is 0 Å². The number of carbonyl (C=O) groups excluding carboxylic acids is 1. The van der Waals surface area contributed by atoms with Gasteiger partial charge in [-0.05, 0) is 52.1 Å². The number of hydrogen-bond donors (Lipinski definition) is 0. The van der Waals surface area contributed by atoms with Gasteiger partial charge in [0.2, 0.25) is 8.77 Å². The first-order valence-electron chi connectivity index (χ1n) is 5.49. The van der Waals surface area contributed by atoms with Crippen LogP contribution < -0.4 is 0 Å². The lowest BCUT2D eigenvalue weighted by atomic mass is 10.5. The molecule has 7 heteroatoms. The highest BCUT2D eigenvalue weighted by atomic mass is 32.2. The normalized spacial score (nSPS) is 10.6. The molecule has 0 aliphatic heterocycles. The molecular formula is C11H18O3S4. The summed E-state index contributed by atoms with van der Waals surface area (Å²) in [7, 11) is 0. The number of Topliss-reactive ketones (excluding diaryl/α,β-unsaturated/α-hetero) is 1. The smallest absolute Gasteiger partial charge is 0.220 e. The molecule has 0 aromatic rings. The molecule has 0 aromatic heterocycles. The van der Waals surface area contributed by atoms with Gasteiger partial charge in [0.1, 0.15) is 0 Å². The van der Waals surface area contributed by atoms with Crippen LogP contribution in [0.5, 0.6) is 0 Å². The molecule has 0 bridgehead atoms. The number of ketones is 1. The van der Waals surface area contributed by atoms with Gasteiger partial charge in [-0.25, -0.2) is 0 Å². The lowest BCUT2D eigenvalue weighted by Gasteiger charge is -2.10. The van der Waals surface area contributed by atoms with Gasteiger partial charge in [-0.3, -0.25) is 4.79 Å². The molecule has 0 unspecified atom stereocenters. The summed E-state index contributed by atoms with van der Waals surface area (Å²) in [4.78, 5) is 11.6. The van der Waals surface area contributed by atoms with E-state index in [2.05, 4.69) is 0 Å². The second kappa shape index (κ2) is 10.00. The molecule has 104 valence electrons. The summed E-state index contributed by atoms with van der Waals surface area (Å²) in [6, 6.07) is 0. The van der Waals surface area contributed by atoms with Crippen molar-refractivity contribution in [2.24, 2.45) is 0 Å². The van der Waals surface area contributed by atoms with Gasteiger partial charge in [0.05, 0.1) is 23.7 Å². The van der Waals surface area contributed by atoms with E-state index in [9.17, 15) is 4.79 Å². The Morgan fingerprint density at radius 2 is 1.28 bits per heavy atom. The van der Waals surface area contributed by atoms with E-state index in [1.165, 1.54) is 23.5 Å². The number of carbonyl (C=O) groups is 1. The Morgan fingerprint density at radius 3 is 1.56 bits per heavy atom. The third-order valence-corrected chi connectivity index (χ3v) is 3.86. The Bertz CT molecular complexity index is 275. The van der Waals surface area contributed by atoms with E-state index in [1.54, 1.807) is 0 Å². The molecule has 3 nitrogen and oxygen atoms in total. The minimum Gasteiger partial charge on any atom is -0.476 e. The SMILES string of the molecule is CC(C)OC(=S)SCC(=O)CSC(=S)OC(C)C. The Hall–Kier alpha value is 0.150. The molecule has 0 atom stereocenters. The van der Waals surface area contributed by atoms with Crippen LogP contribution in [0.25, 0.3) is 0 Å². The fourth-order valence-corrected chi connectivity index (χ4v) is 2.92. The summed E-state index contributed by atoms with van der Waals surface area (Å²) < 4.78 is 11.3. The Kier molecular flexibility index (Phi) is 10.1. The van der Waals surface area contributed by atoms with E-state index in [-0.39, 0.29) is 18.0 Å². The molecule has 0 saturated heterocycles. The van der Waals surface area contributed by atoms with Crippen molar-refractivity contribution < 1.29 is 14.3 Å². The first-order chi connectivity index (χ1) is 8.31. The van der Waals surface area contributed by atoms with Gasteiger partial charge in [0, 0.05) is 0 Å². The number of hydrogen-bond acceptors (Lipinski definition) is 7. The highest BCUT2D eigenvalue weighted by Crippen LogP contribution is 2.12. The molecular weight excluding hydrogens is 308 g/mol. The molecule has 0 fully saturated rings. The second-order valence-corrected chi connectivity index (χ2v) is 7.10. The minimum atomic E-state index is 0.0431. The van der Waals surface area contributed by atoms with Gasteiger partial charge in [0.15, 0.2) is 5.78 Å². The van der Waals surface area contributed by atoms with Crippen LogP contribution in [0.4, 0.5) is 0 Å². The molecule has 0 saturated carbocycles. The van der Waals surface area contributed by atoms with Gasteiger partial charge < -0.3 is 9.47 Å². The van der Waals surface area contributed by atoms with Crippen molar-refractivity contribution in [1.29, 1.82) is 0 Å². The Labute approximate surface area is 128 Å². The zero-order valence-corrected chi connectivity index (χ0v) is 14.2. The quantitative estimate of drug-likeness (QED) is 0.692. The lowest BCUT2D eigenvalue weighted by molar-refractivity contribution is -0.114. The molecule has 0 radical (unpaired) electrons. The minimum absolute atomic E-state index is 0.0431. The highest BCUT2D eigenvalue weighted by molar-refractivity contribution is 8.24. The van der Waals surface area contributed by atoms with Crippen molar-refractivity contribution in [2.45, 2.75) is 39.9 Å². The summed E-state index contributed by atoms with van der Waals surface area (Å²) in [5.41, 5.74) is 0. The zero-order chi connectivity index (χ0) is 14.1. The summed E-state index contributed by atoms with van der Waals surface area (Å²) in [5, 5.41) is 0. The molecule has 18 heavy (non-hydrogen) atoms. The number of thioether (sulfide) groups is 2. The van der Waals surface area contributed by atoms with Crippen LogP contribution >= 0.6 is 48.0 Å². The first kappa shape index (κ1) is 18.1. The lowest BCUT2D eigenvalue weighted by Crippen LogP contribution is -2.13. The maximum Gasteiger partial charge on any atom is 0.220 e. The largest absolute Gasteiger partial charge is 0.476 e. The van der Waals surface area contributed by atoms with Crippen LogP contribution in [0.3, 0.4) is 0 Å². The molecule has 0 heterocycles. The van der Waals surface area contributed by atoms with Crippen molar-refractivity contribution in [3.63, 3.8) is 0 Å². The number of thiocarbonyl (C=S) groups is 2. The molecule has 0 spiro atoms. The van der Waals surface area contributed by atoms with E-state index in [1.807, 2.05) is 27.7 Å². The maximum absolute atomic E-state index is 11.6. The van der Waals surface area contributed by atoms with Crippen molar-refractivity contribution in [2.75, 3.05) is 11.5 Å². The van der Waals surface area contributed by atoms with Crippen LogP contribution in [0, 0.1) is 0 Å². The molecule has 0 aliphatic rings.